The number of nitrogens with zero attached hydrogens (tertiary/aromatic N) is 5. The number of ether oxygens (including phenoxy) is 2. The predicted octanol–water partition coefficient (Wildman–Crippen LogP) is 5.46. The first-order valence-electron chi connectivity index (χ1n) is 15.4. The van der Waals surface area contributed by atoms with Crippen LogP contribution in [0.1, 0.15) is 55.0 Å². The summed E-state index contributed by atoms with van der Waals surface area (Å²) >= 11 is 14.9. The summed E-state index contributed by atoms with van der Waals surface area (Å²) in [5.74, 6) is -3.58. The number of esters is 2. The van der Waals surface area contributed by atoms with E-state index in [0.717, 1.165) is 30.7 Å². The molecule has 46 heavy (non-hydrogen) atoms. The number of carbonyl (C=O) groups is 3. The van der Waals surface area contributed by atoms with Crippen LogP contribution in [0.2, 0.25) is 10.0 Å². The number of thiazole rings is 1. The Kier molecular flexibility index (Phi) is 11.2. The maximum atomic E-state index is 13.8. The third-order valence-electron chi connectivity index (χ3n) is 9.21. The topological polar surface area (TPSA) is 125 Å². The number of hydrogen-bond acceptors (Lipinski definition) is 10. The van der Waals surface area contributed by atoms with Gasteiger partial charge in [0.1, 0.15) is 5.92 Å². The second kappa shape index (κ2) is 15.1. The number of methoxy groups -OCH3 is 2. The van der Waals surface area contributed by atoms with Gasteiger partial charge in [-0.1, -0.05) is 42.1 Å². The van der Waals surface area contributed by atoms with Crippen molar-refractivity contribution in [2.24, 2.45) is 16.3 Å². The third-order valence-corrected chi connectivity index (χ3v) is 10.7. The lowest BCUT2D eigenvalue weighted by Gasteiger charge is -2.38. The zero-order valence-electron chi connectivity index (χ0n) is 26.0. The summed E-state index contributed by atoms with van der Waals surface area (Å²) in [6.45, 7) is 3.01. The summed E-state index contributed by atoms with van der Waals surface area (Å²) in [5.41, 5.74) is 0.768. The Bertz CT molecular complexity index is 1540. The van der Waals surface area contributed by atoms with Gasteiger partial charge in [-0.2, -0.15) is 5.26 Å². The lowest BCUT2D eigenvalue weighted by atomic mass is 9.74. The second-order valence-electron chi connectivity index (χ2n) is 11.9. The molecule has 3 heterocycles. The summed E-state index contributed by atoms with van der Waals surface area (Å²) in [4.78, 5) is 54.1. The molecule has 13 heteroatoms. The zero-order chi connectivity index (χ0) is 32.8. The van der Waals surface area contributed by atoms with Crippen molar-refractivity contribution in [2.75, 3.05) is 46.9 Å². The second-order valence-corrected chi connectivity index (χ2v) is 13.7. The molecule has 2 aliphatic heterocycles. The first kappa shape index (κ1) is 34.0. The van der Waals surface area contributed by atoms with Crippen LogP contribution in [0.5, 0.6) is 0 Å². The minimum absolute atomic E-state index is 0.0510. The van der Waals surface area contributed by atoms with Gasteiger partial charge < -0.3 is 14.4 Å². The lowest BCUT2D eigenvalue weighted by molar-refractivity contribution is -0.143. The van der Waals surface area contributed by atoms with Gasteiger partial charge in [0, 0.05) is 72.4 Å². The summed E-state index contributed by atoms with van der Waals surface area (Å²) in [6, 6.07) is 7.51. The maximum Gasteiger partial charge on any atom is 0.336 e. The Morgan fingerprint density at radius 2 is 1.76 bits per heavy atom. The lowest BCUT2D eigenvalue weighted by Crippen LogP contribution is -2.51. The maximum absolute atomic E-state index is 13.8. The molecule has 5 rings (SSSR count). The molecule has 1 aromatic carbocycles. The van der Waals surface area contributed by atoms with Gasteiger partial charge in [0.05, 0.1) is 48.4 Å². The first-order chi connectivity index (χ1) is 22.2. The number of piperazine rings is 1. The van der Waals surface area contributed by atoms with Gasteiger partial charge in [-0.15, -0.1) is 11.3 Å². The molecule has 244 valence electrons. The van der Waals surface area contributed by atoms with Gasteiger partial charge in [-0.25, -0.2) is 9.78 Å². The van der Waals surface area contributed by atoms with E-state index in [-0.39, 0.29) is 39.1 Å². The van der Waals surface area contributed by atoms with E-state index in [1.54, 1.807) is 29.3 Å². The molecule has 0 N–H and O–H groups in total. The smallest absolute Gasteiger partial charge is 0.336 e. The summed E-state index contributed by atoms with van der Waals surface area (Å²) < 4.78 is 10.5. The Labute approximate surface area is 283 Å². The number of amides is 1. The van der Waals surface area contributed by atoms with Gasteiger partial charge in [0.15, 0.2) is 0 Å². The minimum atomic E-state index is -1.04. The van der Waals surface area contributed by atoms with Gasteiger partial charge in [0.25, 0.3) is 0 Å². The van der Waals surface area contributed by atoms with Crippen LogP contribution in [-0.2, 0) is 30.3 Å². The van der Waals surface area contributed by atoms with Crippen LogP contribution >= 0.6 is 34.5 Å². The van der Waals surface area contributed by atoms with Crippen molar-refractivity contribution in [3.05, 3.63) is 61.7 Å². The van der Waals surface area contributed by atoms with E-state index in [0.29, 0.717) is 56.8 Å². The standard InChI is InChI=1S/C33H37Cl2N5O5S/c1-44-31(42)28-23(8-9-25-37-12-17-46-25)38-24(29(32(43)45-2)30(28)27-21(34)6-5-7-22(27)35)18-26(41)40-15-13-39(14-16-40)20-33(19-36)10-3-4-11-33/h5-7,12,17,28,30H,3-4,8-11,13-16,18,20H2,1-2H3. The number of aryl methyl sites for hydroxylation is 1. The molecule has 1 aromatic heterocycles. The predicted molar refractivity (Wildman–Crippen MR) is 176 cm³/mol. The molecule has 3 aliphatic rings. The third kappa shape index (κ3) is 7.31. The first-order valence-corrected chi connectivity index (χ1v) is 17.0. The molecule has 1 saturated heterocycles. The van der Waals surface area contributed by atoms with Crippen molar-refractivity contribution < 1.29 is 23.9 Å². The number of nitriles is 1. The molecular formula is C33H37Cl2N5O5S. The normalized spacial score (nSPS) is 21.5. The molecule has 2 fully saturated rings. The quantitative estimate of drug-likeness (QED) is 0.302. The molecule has 2 unspecified atom stereocenters. The van der Waals surface area contributed by atoms with Crippen LogP contribution in [0, 0.1) is 22.7 Å². The minimum Gasteiger partial charge on any atom is -0.468 e. The van der Waals surface area contributed by atoms with Crippen molar-refractivity contribution in [1.29, 1.82) is 5.26 Å². The number of carbonyl (C=O) groups excluding carboxylic acids is 3. The number of halogens is 2. The summed E-state index contributed by atoms with van der Waals surface area (Å²) in [7, 11) is 2.52. The fourth-order valence-corrected chi connectivity index (χ4v) is 8.12. The number of aliphatic imine (C=N–C) groups is 1. The molecular weight excluding hydrogens is 649 g/mol. The van der Waals surface area contributed by atoms with Crippen LogP contribution in [0.15, 0.2) is 46.0 Å². The number of aromatic nitrogens is 1. The average Bonchev–Trinajstić information content (AvgIpc) is 3.76. The Balaban J connectivity index is 1.48. The van der Waals surface area contributed by atoms with Crippen molar-refractivity contribution >= 4 is 58.1 Å². The fourth-order valence-electron chi connectivity index (χ4n) is 6.87. The van der Waals surface area contributed by atoms with Crippen LogP contribution in [0.25, 0.3) is 0 Å². The Morgan fingerprint density at radius 3 is 2.35 bits per heavy atom. The van der Waals surface area contributed by atoms with E-state index >= 15 is 0 Å². The molecule has 1 aliphatic carbocycles. The highest BCUT2D eigenvalue weighted by molar-refractivity contribution is 7.09. The Hall–Kier alpha value is -3.30. The fraction of sp³-hybridized carbons (Fsp3) is 0.515. The van der Waals surface area contributed by atoms with E-state index in [1.807, 2.05) is 5.38 Å². The van der Waals surface area contributed by atoms with Crippen LogP contribution in [-0.4, -0.2) is 85.3 Å². The monoisotopic (exact) mass is 685 g/mol. The molecule has 0 bridgehead atoms. The number of hydrogen-bond donors (Lipinski definition) is 0. The number of benzene rings is 1. The molecule has 2 atom stereocenters. The highest BCUT2D eigenvalue weighted by Crippen LogP contribution is 2.46. The van der Waals surface area contributed by atoms with Crippen LogP contribution < -0.4 is 0 Å². The van der Waals surface area contributed by atoms with Gasteiger partial charge in [0.2, 0.25) is 5.91 Å². The van der Waals surface area contributed by atoms with Crippen LogP contribution in [0.3, 0.4) is 0 Å². The highest BCUT2D eigenvalue weighted by atomic mass is 35.5. The molecule has 1 amide bonds. The highest BCUT2D eigenvalue weighted by Gasteiger charge is 2.46. The van der Waals surface area contributed by atoms with Crippen molar-refractivity contribution in [1.82, 2.24) is 14.8 Å². The van der Waals surface area contributed by atoms with Gasteiger partial charge >= 0.3 is 11.9 Å². The van der Waals surface area contributed by atoms with Crippen molar-refractivity contribution in [3.63, 3.8) is 0 Å². The number of rotatable bonds is 10. The SMILES string of the molecule is COC(=O)C1=C(CC(=O)N2CCN(CC3(C#N)CCCC3)CC2)N=C(CCc2nccs2)C(C(=O)OC)C1c1c(Cl)cccc1Cl. The van der Waals surface area contributed by atoms with E-state index < -0.39 is 23.8 Å². The van der Waals surface area contributed by atoms with Gasteiger partial charge in [-0.05, 0) is 37.0 Å². The van der Waals surface area contributed by atoms with E-state index in [1.165, 1.54) is 25.6 Å². The van der Waals surface area contributed by atoms with E-state index in [4.69, 9.17) is 37.7 Å². The summed E-state index contributed by atoms with van der Waals surface area (Å²) in [5, 5.41) is 13.1. The van der Waals surface area contributed by atoms with E-state index in [2.05, 4.69) is 16.0 Å². The van der Waals surface area contributed by atoms with E-state index in [9.17, 15) is 19.6 Å². The zero-order valence-corrected chi connectivity index (χ0v) is 28.3. The Morgan fingerprint density at radius 1 is 1.07 bits per heavy atom. The molecule has 0 radical (unpaired) electrons. The molecule has 1 saturated carbocycles. The van der Waals surface area contributed by atoms with Gasteiger partial charge in [-0.3, -0.25) is 19.5 Å². The van der Waals surface area contributed by atoms with Crippen molar-refractivity contribution in [3.8, 4) is 6.07 Å². The molecule has 2 aromatic rings. The van der Waals surface area contributed by atoms with Crippen molar-refractivity contribution in [2.45, 2.75) is 50.9 Å². The average molecular weight is 687 g/mol. The largest absolute Gasteiger partial charge is 0.468 e. The van der Waals surface area contributed by atoms with Crippen LogP contribution in [0.4, 0.5) is 0 Å². The molecule has 10 nitrogen and oxygen atoms in total. The molecule has 0 spiro atoms. The summed E-state index contributed by atoms with van der Waals surface area (Å²) in [6.07, 6.45) is 6.34.